The minimum Gasteiger partial charge on any atom is -0.356 e. The normalized spacial score (nSPS) is 12.2. The van der Waals surface area contributed by atoms with Gasteiger partial charge in [-0.05, 0) is 24.6 Å². The lowest BCUT2D eigenvalue weighted by Gasteiger charge is -2.12. The number of sulfonamides is 1. The molecule has 1 aromatic carbocycles. The highest BCUT2D eigenvalue weighted by Crippen LogP contribution is 2.14. The Bertz CT molecular complexity index is 575. The molecular formula is C13H21ClN4O2S. The zero-order valence-electron chi connectivity index (χ0n) is 12.2. The minimum absolute atomic E-state index is 0.156. The molecule has 0 spiro atoms. The monoisotopic (exact) mass is 332 g/mol. The highest BCUT2D eigenvalue weighted by atomic mass is 35.5. The summed E-state index contributed by atoms with van der Waals surface area (Å²) in [6, 6.07) is 6.15. The van der Waals surface area contributed by atoms with Gasteiger partial charge < -0.3 is 10.6 Å². The molecule has 0 bridgehead atoms. The van der Waals surface area contributed by atoms with Crippen molar-refractivity contribution in [1.29, 1.82) is 0 Å². The number of aliphatic imine (C=N–C) groups is 1. The number of benzene rings is 1. The molecular weight excluding hydrogens is 312 g/mol. The van der Waals surface area contributed by atoms with Crippen LogP contribution in [0.5, 0.6) is 0 Å². The standard InChI is InChI=1S/C13H21ClN4O2S/c1-3-7-16-13(15-2)17-8-9-18-21(19,20)12-6-4-5-11(14)10-12/h4-6,10,18H,3,7-9H2,1-2H3,(H2,15,16,17). The molecule has 0 fully saturated rings. The number of hydrogen-bond donors (Lipinski definition) is 3. The molecule has 0 unspecified atom stereocenters. The summed E-state index contributed by atoms with van der Waals surface area (Å²) in [6.45, 7) is 3.55. The first kappa shape index (κ1) is 17.7. The van der Waals surface area contributed by atoms with Crippen LogP contribution >= 0.6 is 11.6 Å². The second-order valence-electron chi connectivity index (χ2n) is 4.28. The Morgan fingerprint density at radius 1 is 1.24 bits per heavy atom. The van der Waals surface area contributed by atoms with Gasteiger partial charge in [-0.3, -0.25) is 4.99 Å². The van der Waals surface area contributed by atoms with Crippen molar-refractivity contribution in [3.63, 3.8) is 0 Å². The fraction of sp³-hybridized carbons (Fsp3) is 0.462. The second kappa shape index (κ2) is 8.86. The second-order valence-corrected chi connectivity index (χ2v) is 6.48. The van der Waals surface area contributed by atoms with Crippen LogP contribution in [0.1, 0.15) is 13.3 Å². The van der Waals surface area contributed by atoms with Crippen LogP contribution < -0.4 is 15.4 Å². The van der Waals surface area contributed by atoms with Crippen LogP contribution in [-0.2, 0) is 10.0 Å². The smallest absolute Gasteiger partial charge is 0.240 e. The van der Waals surface area contributed by atoms with E-state index < -0.39 is 10.0 Å². The van der Waals surface area contributed by atoms with Gasteiger partial charge in [0.05, 0.1) is 4.90 Å². The maximum Gasteiger partial charge on any atom is 0.240 e. The summed E-state index contributed by atoms with van der Waals surface area (Å²) in [4.78, 5) is 4.19. The molecule has 0 aromatic heterocycles. The van der Waals surface area contributed by atoms with Crippen molar-refractivity contribution < 1.29 is 8.42 Å². The third-order valence-corrected chi connectivity index (χ3v) is 4.28. The zero-order chi connectivity index (χ0) is 15.7. The van der Waals surface area contributed by atoms with Gasteiger partial charge in [0, 0.05) is 31.7 Å². The van der Waals surface area contributed by atoms with E-state index in [0.29, 0.717) is 17.5 Å². The summed E-state index contributed by atoms with van der Waals surface area (Å²) in [5.41, 5.74) is 0. The van der Waals surface area contributed by atoms with E-state index in [4.69, 9.17) is 11.6 Å². The van der Waals surface area contributed by atoms with E-state index in [2.05, 4.69) is 27.3 Å². The first-order valence-electron chi connectivity index (χ1n) is 6.69. The Hall–Kier alpha value is -1.31. The number of nitrogens with zero attached hydrogens (tertiary/aromatic N) is 1. The van der Waals surface area contributed by atoms with Crippen molar-refractivity contribution in [3.8, 4) is 0 Å². The van der Waals surface area contributed by atoms with E-state index in [1.54, 1.807) is 19.2 Å². The van der Waals surface area contributed by atoms with Crippen molar-refractivity contribution in [2.75, 3.05) is 26.7 Å². The van der Waals surface area contributed by atoms with Crippen LogP contribution in [-0.4, -0.2) is 41.1 Å². The molecule has 3 N–H and O–H groups in total. The lowest BCUT2D eigenvalue weighted by atomic mass is 10.4. The fourth-order valence-electron chi connectivity index (χ4n) is 1.55. The zero-order valence-corrected chi connectivity index (χ0v) is 13.8. The van der Waals surface area contributed by atoms with Gasteiger partial charge in [-0.2, -0.15) is 0 Å². The predicted octanol–water partition coefficient (Wildman–Crippen LogP) is 1.19. The molecule has 8 heteroatoms. The molecule has 1 aromatic rings. The molecule has 0 aliphatic rings. The van der Waals surface area contributed by atoms with Gasteiger partial charge in [0.2, 0.25) is 10.0 Å². The third kappa shape index (κ3) is 6.33. The topological polar surface area (TPSA) is 82.6 Å². The predicted molar refractivity (Wildman–Crippen MR) is 86.3 cm³/mol. The highest BCUT2D eigenvalue weighted by Gasteiger charge is 2.13. The molecule has 0 radical (unpaired) electrons. The van der Waals surface area contributed by atoms with Gasteiger partial charge in [-0.25, -0.2) is 13.1 Å². The molecule has 0 saturated carbocycles. The molecule has 0 aliphatic carbocycles. The first-order valence-corrected chi connectivity index (χ1v) is 8.55. The SMILES string of the molecule is CCCNC(=NC)NCCNS(=O)(=O)c1cccc(Cl)c1. The van der Waals surface area contributed by atoms with Crippen molar-refractivity contribution >= 4 is 27.6 Å². The quantitative estimate of drug-likeness (QED) is 0.398. The van der Waals surface area contributed by atoms with Crippen molar-refractivity contribution in [1.82, 2.24) is 15.4 Å². The van der Waals surface area contributed by atoms with Gasteiger partial charge >= 0.3 is 0 Å². The van der Waals surface area contributed by atoms with E-state index in [0.717, 1.165) is 13.0 Å². The number of hydrogen-bond acceptors (Lipinski definition) is 3. The minimum atomic E-state index is -3.54. The van der Waals surface area contributed by atoms with Gasteiger partial charge in [0.15, 0.2) is 5.96 Å². The molecule has 1 rings (SSSR count). The van der Waals surface area contributed by atoms with Crippen LogP contribution in [0.15, 0.2) is 34.2 Å². The molecule has 6 nitrogen and oxygen atoms in total. The van der Waals surface area contributed by atoms with Crippen LogP contribution in [0.4, 0.5) is 0 Å². The highest BCUT2D eigenvalue weighted by molar-refractivity contribution is 7.89. The number of rotatable bonds is 7. The van der Waals surface area contributed by atoms with E-state index in [1.165, 1.54) is 12.1 Å². The summed E-state index contributed by atoms with van der Waals surface area (Å²) in [7, 11) is -1.87. The number of halogens is 1. The largest absolute Gasteiger partial charge is 0.356 e. The maximum absolute atomic E-state index is 12.0. The average Bonchev–Trinajstić information content (AvgIpc) is 2.46. The van der Waals surface area contributed by atoms with Crippen molar-refractivity contribution in [2.24, 2.45) is 4.99 Å². The van der Waals surface area contributed by atoms with E-state index in [1.807, 2.05) is 0 Å². The maximum atomic E-state index is 12.0. The van der Waals surface area contributed by atoms with Crippen LogP contribution in [0, 0.1) is 0 Å². The summed E-state index contributed by atoms with van der Waals surface area (Å²) in [5.74, 6) is 0.652. The molecule has 0 aliphatic heterocycles. The summed E-state index contributed by atoms with van der Waals surface area (Å²) < 4.78 is 26.6. The van der Waals surface area contributed by atoms with Gasteiger partial charge in [0.1, 0.15) is 0 Å². The molecule has 21 heavy (non-hydrogen) atoms. The van der Waals surface area contributed by atoms with E-state index >= 15 is 0 Å². The fourth-order valence-corrected chi connectivity index (χ4v) is 2.88. The van der Waals surface area contributed by atoms with Crippen LogP contribution in [0.25, 0.3) is 0 Å². The van der Waals surface area contributed by atoms with E-state index in [-0.39, 0.29) is 11.4 Å². The summed E-state index contributed by atoms with van der Waals surface area (Å²) >= 11 is 5.79. The third-order valence-electron chi connectivity index (χ3n) is 2.58. The van der Waals surface area contributed by atoms with Crippen LogP contribution in [0.3, 0.4) is 0 Å². The average molecular weight is 333 g/mol. The Morgan fingerprint density at radius 3 is 2.57 bits per heavy atom. The first-order chi connectivity index (χ1) is 9.99. The molecule has 0 saturated heterocycles. The molecule has 0 amide bonds. The van der Waals surface area contributed by atoms with Crippen molar-refractivity contribution in [2.45, 2.75) is 18.2 Å². The van der Waals surface area contributed by atoms with Gasteiger partial charge in [-0.1, -0.05) is 24.6 Å². The Kier molecular flexibility index (Phi) is 7.49. The van der Waals surface area contributed by atoms with Crippen LogP contribution in [0.2, 0.25) is 5.02 Å². The summed E-state index contributed by atoms with van der Waals surface area (Å²) in [5, 5.41) is 6.51. The Labute approximate surface area is 131 Å². The van der Waals surface area contributed by atoms with Gasteiger partial charge in [-0.15, -0.1) is 0 Å². The van der Waals surface area contributed by atoms with Gasteiger partial charge in [0.25, 0.3) is 0 Å². The lowest BCUT2D eigenvalue weighted by Crippen LogP contribution is -2.41. The molecule has 0 heterocycles. The molecule has 118 valence electrons. The summed E-state index contributed by atoms with van der Waals surface area (Å²) in [6.07, 6.45) is 0.988. The Morgan fingerprint density at radius 2 is 1.95 bits per heavy atom. The Balaban J connectivity index is 2.44. The molecule has 0 atom stereocenters. The van der Waals surface area contributed by atoms with E-state index in [9.17, 15) is 8.42 Å². The van der Waals surface area contributed by atoms with Crippen molar-refractivity contribution in [3.05, 3.63) is 29.3 Å². The number of guanidine groups is 1. The lowest BCUT2D eigenvalue weighted by molar-refractivity contribution is 0.580. The number of nitrogens with one attached hydrogen (secondary N) is 3.